The molecule has 0 aliphatic rings. The van der Waals surface area contributed by atoms with Crippen molar-refractivity contribution in [3.8, 4) is 5.75 Å². The van der Waals surface area contributed by atoms with Crippen molar-refractivity contribution in [2.24, 2.45) is 0 Å². The molecule has 0 saturated heterocycles. The molecule has 2 rings (SSSR count). The third-order valence-corrected chi connectivity index (χ3v) is 2.87. The highest BCUT2D eigenvalue weighted by atomic mass is 16.3. The van der Waals surface area contributed by atoms with E-state index in [2.05, 4.69) is 31.0 Å². The number of benzene rings is 1. The van der Waals surface area contributed by atoms with E-state index in [4.69, 9.17) is 0 Å². The molecule has 0 aliphatic heterocycles. The Labute approximate surface area is 106 Å². The van der Waals surface area contributed by atoms with E-state index >= 15 is 0 Å². The number of aromatic amines is 1. The second-order valence-corrected chi connectivity index (χ2v) is 5.30. The first-order valence-electron chi connectivity index (χ1n) is 5.76. The van der Waals surface area contributed by atoms with Gasteiger partial charge in [-0.3, -0.25) is 9.89 Å². The van der Waals surface area contributed by atoms with E-state index in [0.717, 1.165) is 5.56 Å². The first kappa shape index (κ1) is 12.4. The molecule has 1 aromatic carbocycles. The quantitative estimate of drug-likeness (QED) is 0.798. The first-order chi connectivity index (χ1) is 8.39. The van der Waals surface area contributed by atoms with Gasteiger partial charge in [0.15, 0.2) is 5.78 Å². The number of phenolic OH excluding ortho intramolecular Hbond substituents is 1. The van der Waals surface area contributed by atoms with Crippen LogP contribution in [0.4, 0.5) is 0 Å². The fourth-order valence-electron chi connectivity index (χ4n) is 1.71. The smallest absolute Gasteiger partial charge is 0.199 e. The molecule has 0 atom stereocenters. The van der Waals surface area contributed by atoms with Crippen molar-refractivity contribution >= 4 is 5.78 Å². The zero-order chi connectivity index (χ0) is 13.3. The van der Waals surface area contributed by atoms with E-state index in [1.807, 2.05) is 6.07 Å². The van der Waals surface area contributed by atoms with Crippen LogP contribution in [-0.4, -0.2) is 21.1 Å². The van der Waals surface area contributed by atoms with Crippen LogP contribution < -0.4 is 0 Å². The van der Waals surface area contributed by atoms with Gasteiger partial charge in [0.05, 0.1) is 17.3 Å². The lowest BCUT2D eigenvalue weighted by atomic mass is 9.85. The van der Waals surface area contributed by atoms with Gasteiger partial charge in [0.25, 0.3) is 0 Å². The molecule has 0 unspecified atom stereocenters. The maximum Gasteiger partial charge on any atom is 0.199 e. The Morgan fingerprint density at radius 2 is 2.06 bits per heavy atom. The summed E-state index contributed by atoms with van der Waals surface area (Å²) in [5, 5.41) is 16.2. The normalized spacial score (nSPS) is 11.5. The summed E-state index contributed by atoms with van der Waals surface area (Å²) in [6.45, 7) is 6.18. The summed E-state index contributed by atoms with van der Waals surface area (Å²) < 4.78 is 0. The van der Waals surface area contributed by atoms with Crippen LogP contribution in [0.1, 0.15) is 42.3 Å². The largest absolute Gasteiger partial charge is 0.507 e. The van der Waals surface area contributed by atoms with Crippen molar-refractivity contribution in [2.45, 2.75) is 26.2 Å². The second kappa shape index (κ2) is 4.29. The number of rotatable bonds is 2. The molecule has 4 nitrogen and oxygen atoms in total. The zero-order valence-electron chi connectivity index (χ0n) is 10.7. The average Bonchev–Trinajstić information content (AvgIpc) is 2.80. The number of H-pyrrole nitrogens is 1. The van der Waals surface area contributed by atoms with Crippen LogP contribution in [0.2, 0.25) is 0 Å². The lowest BCUT2D eigenvalue weighted by Gasteiger charge is -2.20. The summed E-state index contributed by atoms with van der Waals surface area (Å²) in [6.07, 6.45) is 2.97. The van der Waals surface area contributed by atoms with Gasteiger partial charge in [0, 0.05) is 6.20 Å². The van der Waals surface area contributed by atoms with Crippen LogP contribution in [0.15, 0.2) is 30.6 Å². The van der Waals surface area contributed by atoms with Crippen LogP contribution in [0.25, 0.3) is 0 Å². The molecule has 1 heterocycles. The minimum atomic E-state index is -0.229. The summed E-state index contributed by atoms with van der Waals surface area (Å²) >= 11 is 0. The van der Waals surface area contributed by atoms with Crippen molar-refractivity contribution in [3.05, 3.63) is 47.3 Å². The van der Waals surface area contributed by atoms with Crippen molar-refractivity contribution in [1.29, 1.82) is 0 Å². The second-order valence-electron chi connectivity index (χ2n) is 5.30. The van der Waals surface area contributed by atoms with E-state index in [1.165, 1.54) is 12.4 Å². The number of hydrogen-bond acceptors (Lipinski definition) is 3. The van der Waals surface area contributed by atoms with Gasteiger partial charge < -0.3 is 5.11 Å². The number of carbonyl (C=O) groups is 1. The molecule has 4 heteroatoms. The standard InChI is InChI=1S/C14H16N2O2/c1-14(2,3)10-4-5-12(17)11(6-10)13(18)9-7-15-16-8-9/h4-8,17H,1-3H3,(H,15,16). The Morgan fingerprint density at radius 1 is 1.33 bits per heavy atom. The van der Waals surface area contributed by atoms with Crippen molar-refractivity contribution in [3.63, 3.8) is 0 Å². The molecule has 0 fully saturated rings. The molecule has 0 aliphatic carbocycles. The summed E-state index contributed by atoms with van der Waals surface area (Å²) in [5.41, 5.74) is 1.69. The monoisotopic (exact) mass is 244 g/mol. The number of nitrogens with zero attached hydrogens (tertiary/aromatic N) is 1. The Bertz CT molecular complexity index is 566. The number of carbonyl (C=O) groups excluding carboxylic acids is 1. The molecule has 0 saturated carbocycles. The number of aromatic nitrogens is 2. The molecule has 2 N–H and O–H groups in total. The third kappa shape index (κ3) is 2.27. The fourth-order valence-corrected chi connectivity index (χ4v) is 1.71. The van der Waals surface area contributed by atoms with Gasteiger partial charge in [-0.2, -0.15) is 5.10 Å². The molecule has 18 heavy (non-hydrogen) atoms. The van der Waals surface area contributed by atoms with Gasteiger partial charge in [0.1, 0.15) is 5.75 Å². The Balaban J connectivity index is 2.48. The van der Waals surface area contributed by atoms with Crippen LogP contribution in [0.5, 0.6) is 5.75 Å². The zero-order valence-corrected chi connectivity index (χ0v) is 10.7. The van der Waals surface area contributed by atoms with Gasteiger partial charge in [-0.15, -0.1) is 0 Å². The molecule has 0 bridgehead atoms. The highest BCUT2D eigenvalue weighted by Crippen LogP contribution is 2.28. The van der Waals surface area contributed by atoms with Crippen LogP contribution >= 0.6 is 0 Å². The molecule has 1 aromatic heterocycles. The van der Waals surface area contributed by atoms with E-state index in [9.17, 15) is 9.90 Å². The molecule has 0 amide bonds. The lowest BCUT2D eigenvalue weighted by Crippen LogP contribution is -2.12. The average molecular weight is 244 g/mol. The third-order valence-electron chi connectivity index (χ3n) is 2.87. The first-order valence-corrected chi connectivity index (χ1v) is 5.76. The van der Waals surface area contributed by atoms with E-state index in [-0.39, 0.29) is 16.9 Å². The Hall–Kier alpha value is -2.10. The molecular formula is C14H16N2O2. The van der Waals surface area contributed by atoms with E-state index in [1.54, 1.807) is 12.1 Å². The SMILES string of the molecule is CC(C)(C)c1ccc(O)c(C(=O)c2cn[nH]c2)c1. The number of hydrogen-bond donors (Lipinski definition) is 2. The summed E-state index contributed by atoms with van der Waals surface area (Å²) in [7, 11) is 0. The topological polar surface area (TPSA) is 66.0 Å². The van der Waals surface area contributed by atoms with E-state index in [0.29, 0.717) is 11.1 Å². The van der Waals surface area contributed by atoms with Crippen molar-refractivity contribution in [2.75, 3.05) is 0 Å². The number of aromatic hydroxyl groups is 1. The predicted molar refractivity (Wildman–Crippen MR) is 68.8 cm³/mol. The van der Waals surface area contributed by atoms with Crippen molar-refractivity contribution in [1.82, 2.24) is 10.2 Å². The summed E-state index contributed by atoms with van der Waals surface area (Å²) in [4.78, 5) is 12.2. The summed E-state index contributed by atoms with van der Waals surface area (Å²) in [5.74, 6) is -0.235. The highest BCUT2D eigenvalue weighted by Gasteiger charge is 2.19. The van der Waals surface area contributed by atoms with Gasteiger partial charge >= 0.3 is 0 Å². The fraction of sp³-hybridized carbons (Fsp3) is 0.286. The number of ketones is 1. The molecule has 0 spiro atoms. The minimum Gasteiger partial charge on any atom is -0.507 e. The van der Waals surface area contributed by atoms with Gasteiger partial charge in [-0.25, -0.2) is 0 Å². The maximum atomic E-state index is 12.2. The molecule has 94 valence electrons. The molecule has 0 radical (unpaired) electrons. The number of phenols is 1. The maximum absolute atomic E-state index is 12.2. The Morgan fingerprint density at radius 3 is 2.61 bits per heavy atom. The summed E-state index contributed by atoms with van der Waals surface area (Å²) in [6, 6.07) is 5.14. The minimum absolute atomic E-state index is 0.00537. The lowest BCUT2D eigenvalue weighted by molar-refractivity contribution is 0.103. The van der Waals surface area contributed by atoms with Gasteiger partial charge in [-0.1, -0.05) is 26.8 Å². The van der Waals surface area contributed by atoms with Gasteiger partial charge in [0.2, 0.25) is 0 Å². The predicted octanol–water partition coefficient (Wildman–Crippen LogP) is 2.64. The molecule has 2 aromatic rings. The van der Waals surface area contributed by atoms with Crippen LogP contribution in [-0.2, 0) is 5.41 Å². The van der Waals surface area contributed by atoms with Gasteiger partial charge in [-0.05, 0) is 23.1 Å². The number of nitrogens with one attached hydrogen (secondary N) is 1. The van der Waals surface area contributed by atoms with E-state index < -0.39 is 0 Å². The molecular weight excluding hydrogens is 228 g/mol. The van der Waals surface area contributed by atoms with Crippen LogP contribution in [0, 0.1) is 0 Å². The Kier molecular flexibility index (Phi) is 2.95. The van der Waals surface area contributed by atoms with Crippen LogP contribution in [0.3, 0.4) is 0 Å². The highest BCUT2D eigenvalue weighted by molar-refractivity contribution is 6.10. The van der Waals surface area contributed by atoms with Crippen molar-refractivity contribution < 1.29 is 9.90 Å².